The minimum Gasteiger partial charge on any atom is -0.348 e. The van der Waals surface area contributed by atoms with Crippen molar-refractivity contribution in [2.24, 2.45) is 17.6 Å². The summed E-state index contributed by atoms with van der Waals surface area (Å²) in [5, 5.41) is 6.38. The minimum absolute atomic E-state index is 0.0123. The maximum Gasteiger partial charge on any atom is 0.251 e. The number of piperidine rings is 1. The van der Waals surface area contributed by atoms with Crippen LogP contribution in [-0.4, -0.2) is 41.9 Å². The lowest BCUT2D eigenvalue weighted by molar-refractivity contribution is -0.119. The number of nitrogens with one attached hydrogen (secondary N) is 2. The molecule has 1 saturated heterocycles. The fourth-order valence-electron chi connectivity index (χ4n) is 6.52. The summed E-state index contributed by atoms with van der Waals surface area (Å²) in [5.41, 5.74) is 10.2. The van der Waals surface area contributed by atoms with Crippen LogP contribution in [0.5, 0.6) is 0 Å². The predicted molar refractivity (Wildman–Crippen MR) is 153 cm³/mol. The highest BCUT2D eigenvalue weighted by Crippen LogP contribution is 2.29. The lowest BCUT2D eigenvalue weighted by Gasteiger charge is -2.32. The van der Waals surface area contributed by atoms with Crippen molar-refractivity contribution in [1.29, 1.82) is 0 Å². The van der Waals surface area contributed by atoms with Crippen LogP contribution in [0.2, 0.25) is 0 Å². The summed E-state index contributed by atoms with van der Waals surface area (Å²) in [6.45, 7) is 2.89. The van der Waals surface area contributed by atoms with Crippen LogP contribution < -0.4 is 16.4 Å². The highest BCUT2D eigenvalue weighted by molar-refractivity contribution is 5.98. The third kappa shape index (κ3) is 7.03. The number of hydrogen-bond acceptors (Lipinski definition) is 4. The van der Waals surface area contributed by atoms with Crippen molar-refractivity contribution in [1.82, 2.24) is 10.2 Å². The number of hydrogen-bond donors (Lipinski definition) is 3. The molecular weight excluding hydrogens is 472 g/mol. The quantitative estimate of drug-likeness (QED) is 0.446. The Bertz CT molecular complexity index is 1070. The van der Waals surface area contributed by atoms with Gasteiger partial charge in [0, 0.05) is 35.8 Å². The van der Waals surface area contributed by atoms with Gasteiger partial charge in [0.25, 0.3) is 5.91 Å². The first kappa shape index (κ1) is 26.9. The van der Waals surface area contributed by atoms with Crippen LogP contribution in [0.4, 0.5) is 5.69 Å². The van der Waals surface area contributed by atoms with E-state index in [0.717, 1.165) is 88.7 Å². The van der Waals surface area contributed by atoms with Crippen molar-refractivity contribution in [3.63, 3.8) is 0 Å². The van der Waals surface area contributed by atoms with Crippen molar-refractivity contribution in [2.75, 3.05) is 18.4 Å². The lowest BCUT2D eigenvalue weighted by Crippen LogP contribution is -2.49. The Balaban J connectivity index is 1.25. The highest BCUT2D eigenvalue weighted by atomic mass is 16.2. The summed E-state index contributed by atoms with van der Waals surface area (Å²) in [7, 11) is 0. The van der Waals surface area contributed by atoms with Gasteiger partial charge in [-0.2, -0.15) is 0 Å². The van der Waals surface area contributed by atoms with Crippen LogP contribution in [0.15, 0.2) is 48.5 Å². The Morgan fingerprint density at radius 2 is 1.58 bits per heavy atom. The molecule has 0 radical (unpaired) electrons. The van der Waals surface area contributed by atoms with Gasteiger partial charge in [-0.3, -0.25) is 14.5 Å². The SMILES string of the molecule is NC1CCCCC1NC(=O)c1ccc(CN2CCC(Cc3ccccc3)CC2)c(NC(=O)C2CCCC2)c1. The predicted octanol–water partition coefficient (Wildman–Crippen LogP) is 5.27. The van der Waals surface area contributed by atoms with Crippen LogP contribution in [0.25, 0.3) is 0 Å². The molecule has 6 heteroatoms. The number of anilines is 1. The summed E-state index contributed by atoms with van der Waals surface area (Å²) < 4.78 is 0. The maximum absolute atomic E-state index is 13.2. The van der Waals surface area contributed by atoms with Gasteiger partial charge in [-0.1, -0.05) is 62.1 Å². The molecule has 0 spiro atoms. The molecule has 4 N–H and O–H groups in total. The molecule has 38 heavy (non-hydrogen) atoms. The van der Waals surface area contributed by atoms with Crippen molar-refractivity contribution in [3.05, 3.63) is 65.2 Å². The van der Waals surface area contributed by atoms with Crippen LogP contribution in [-0.2, 0) is 17.8 Å². The molecule has 6 nitrogen and oxygen atoms in total. The standard InChI is InChI=1S/C32H44N4O2/c33-28-12-6-7-13-29(28)34-32(38)26-14-15-27(30(21-26)35-31(37)25-10-4-5-11-25)22-36-18-16-24(17-19-36)20-23-8-2-1-3-9-23/h1-3,8-9,14-15,21,24-25,28-29H,4-7,10-13,16-20,22,33H2,(H,34,38)(H,35,37). The summed E-state index contributed by atoms with van der Waals surface area (Å²) in [6, 6.07) is 16.6. The first-order valence-corrected chi connectivity index (χ1v) is 14.8. The van der Waals surface area contributed by atoms with E-state index in [4.69, 9.17) is 5.73 Å². The summed E-state index contributed by atoms with van der Waals surface area (Å²) in [6.07, 6.45) is 11.8. The topological polar surface area (TPSA) is 87.5 Å². The van der Waals surface area contributed by atoms with E-state index in [1.165, 1.54) is 18.4 Å². The number of nitrogens with zero attached hydrogens (tertiary/aromatic N) is 1. The minimum atomic E-state index is -0.100. The number of amides is 2. The van der Waals surface area contributed by atoms with E-state index < -0.39 is 0 Å². The van der Waals surface area contributed by atoms with Gasteiger partial charge >= 0.3 is 0 Å². The normalized spacial score (nSPS) is 23.3. The highest BCUT2D eigenvalue weighted by Gasteiger charge is 2.27. The van der Waals surface area contributed by atoms with Crippen molar-refractivity contribution >= 4 is 17.5 Å². The van der Waals surface area contributed by atoms with Crippen molar-refractivity contribution < 1.29 is 9.59 Å². The Kier molecular flexibility index (Phi) is 9.13. The van der Waals surface area contributed by atoms with Gasteiger partial charge in [0.2, 0.25) is 5.91 Å². The molecular formula is C32H44N4O2. The third-order valence-corrected chi connectivity index (χ3v) is 8.96. The fraction of sp³-hybridized carbons (Fsp3) is 0.562. The van der Waals surface area contributed by atoms with Crippen molar-refractivity contribution in [3.8, 4) is 0 Å². The van der Waals surface area contributed by atoms with Crippen LogP contribution >= 0.6 is 0 Å². The van der Waals surface area contributed by atoms with Gasteiger partial charge in [-0.25, -0.2) is 0 Å². The molecule has 1 aliphatic heterocycles. The molecule has 2 atom stereocenters. The van der Waals surface area contributed by atoms with E-state index in [9.17, 15) is 9.59 Å². The number of rotatable bonds is 8. The zero-order chi connectivity index (χ0) is 26.3. The molecule has 204 valence electrons. The molecule has 2 amide bonds. The molecule has 3 aliphatic rings. The molecule has 3 fully saturated rings. The molecule has 2 saturated carbocycles. The summed E-state index contributed by atoms with van der Waals surface area (Å²) >= 11 is 0. The van der Waals surface area contributed by atoms with Crippen LogP contribution in [0.3, 0.4) is 0 Å². The van der Waals surface area contributed by atoms with Gasteiger partial charge in [0.05, 0.1) is 0 Å². The molecule has 2 aliphatic carbocycles. The summed E-state index contributed by atoms with van der Waals surface area (Å²) in [4.78, 5) is 28.7. The zero-order valence-electron chi connectivity index (χ0n) is 22.7. The second-order valence-electron chi connectivity index (χ2n) is 11.8. The molecule has 1 heterocycles. The Morgan fingerprint density at radius 3 is 2.32 bits per heavy atom. The Morgan fingerprint density at radius 1 is 0.868 bits per heavy atom. The lowest BCUT2D eigenvalue weighted by atomic mass is 9.90. The smallest absolute Gasteiger partial charge is 0.251 e. The van der Waals surface area contributed by atoms with Gasteiger partial charge in [0.15, 0.2) is 0 Å². The van der Waals surface area contributed by atoms with Crippen LogP contribution in [0.1, 0.15) is 85.7 Å². The first-order valence-electron chi connectivity index (χ1n) is 14.8. The second-order valence-corrected chi connectivity index (χ2v) is 11.8. The number of benzene rings is 2. The molecule has 0 bridgehead atoms. The molecule has 5 rings (SSSR count). The van der Waals surface area contributed by atoms with Gasteiger partial charge in [-0.05, 0) is 87.2 Å². The zero-order valence-corrected chi connectivity index (χ0v) is 22.7. The van der Waals surface area contributed by atoms with Gasteiger partial charge < -0.3 is 16.4 Å². The molecule has 2 aromatic rings. The van der Waals surface area contributed by atoms with Gasteiger partial charge in [-0.15, -0.1) is 0 Å². The Labute approximate surface area is 227 Å². The van der Waals surface area contributed by atoms with Gasteiger partial charge in [0.1, 0.15) is 0 Å². The van der Waals surface area contributed by atoms with E-state index in [-0.39, 0.29) is 29.8 Å². The summed E-state index contributed by atoms with van der Waals surface area (Å²) in [5.74, 6) is 0.788. The van der Waals surface area contributed by atoms with Crippen molar-refractivity contribution in [2.45, 2.75) is 89.3 Å². The van der Waals surface area contributed by atoms with E-state index in [1.54, 1.807) is 0 Å². The van der Waals surface area contributed by atoms with E-state index in [2.05, 4.69) is 45.9 Å². The fourth-order valence-corrected chi connectivity index (χ4v) is 6.52. The number of carbonyl (C=O) groups excluding carboxylic acids is 2. The molecule has 0 aromatic heterocycles. The number of nitrogens with two attached hydrogens (primary N) is 1. The van der Waals surface area contributed by atoms with E-state index >= 15 is 0 Å². The maximum atomic E-state index is 13.2. The third-order valence-electron chi connectivity index (χ3n) is 8.96. The van der Waals surface area contributed by atoms with E-state index in [0.29, 0.717) is 11.5 Å². The van der Waals surface area contributed by atoms with E-state index in [1.807, 2.05) is 18.2 Å². The average Bonchev–Trinajstić information content (AvgIpc) is 3.48. The molecule has 2 unspecified atom stereocenters. The Hall–Kier alpha value is -2.70. The monoisotopic (exact) mass is 516 g/mol. The number of carbonyl (C=O) groups is 2. The average molecular weight is 517 g/mol. The number of likely N-dealkylation sites (tertiary alicyclic amines) is 1. The second kappa shape index (κ2) is 12.9. The molecule has 2 aromatic carbocycles. The first-order chi connectivity index (χ1) is 18.5. The largest absolute Gasteiger partial charge is 0.348 e. The van der Waals surface area contributed by atoms with Crippen LogP contribution in [0, 0.1) is 11.8 Å².